The van der Waals surface area contributed by atoms with E-state index in [2.05, 4.69) is 0 Å². The summed E-state index contributed by atoms with van der Waals surface area (Å²) in [4.78, 5) is 13.6. The van der Waals surface area contributed by atoms with Gasteiger partial charge in [0, 0.05) is 18.5 Å². The van der Waals surface area contributed by atoms with Crippen LogP contribution in [0.1, 0.15) is 31.4 Å². The lowest BCUT2D eigenvalue weighted by Gasteiger charge is -2.33. The van der Waals surface area contributed by atoms with Gasteiger partial charge in [0.2, 0.25) is 5.91 Å². The molecule has 1 amide bonds. The third-order valence-corrected chi connectivity index (χ3v) is 3.14. The van der Waals surface area contributed by atoms with E-state index in [4.69, 9.17) is 4.74 Å². The summed E-state index contributed by atoms with van der Waals surface area (Å²) in [5, 5.41) is 0. The Bertz CT molecular complexity index is 422. The average Bonchev–Trinajstić information content (AvgIpc) is 2.40. The third-order valence-electron chi connectivity index (χ3n) is 3.14. The molecule has 0 bridgehead atoms. The van der Waals surface area contributed by atoms with Crippen molar-refractivity contribution in [2.45, 2.75) is 25.9 Å². The fourth-order valence-electron chi connectivity index (χ4n) is 2.17. The Labute approximate surface area is 107 Å². The molecule has 0 spiro atoms. The van der Waals surface area contributed by atoms with Gasteiger partial charge < -0.3 is 9.64 Å². The van der Waals surface area contributed by atoms with Crippen LogP contribution < -0.4 is 0 Å². The van der Waals surface area contributed by atoms with Crippen LogP contribution in [0.5, 0.6) is 0 Å². The second-order valence-electron chi connectivity index (χ2n) is 4.47. The second kappa shape index (κ2) is 5.96. The SMILES string of the molecule is CCCC(=O)N1CCOC(c2ccccc2F)C1. The molecule has 18 heavy (non-hydrogen) atoms. The van der Waals surface area contributed by atoms with Gasteiger partial charge >= 0.3 is 0 Å². The van der Waals surface area contributed by atoms with Crippen molar-refractivity contribution >= 4 is 5.91 Å². The molecule has 0 aromatic heterocycles. The van der Waals surface area contributed by atoms with Crippen LogP contribution in [0.3, 0.4) is 0 Å². The molecule has 1 aliphatic rings. The number of rotatable bonds is 3. The van der Waals surface area contributed by atoms with Gasteiger partial charge in [-0.1, -0.05) is 25.1 Å². The molecule has 1 unspecified atom stereocenters. The first-order valence-electron chi connectivity index (χ1n) is 6.36. The summed E-state index contributed by atoms with van der Waals surface area (Å²) in [6.45, 7) is 3.49. The summed E-state index contributed by atoms with van der Waals surface area (Å²) in [6.07, 6.45) is 1.03. The normalized spacial score (nSPS) is 19.9. The van der Waals surface area contributed by atoms with Crippen molar-refractivity contribution in [1.82, 2.24) is 4.90 Å². The Morgan fingerprint density at radius 1 is 1.50 bits per heavy atom. The van der Waals surface area contributed by atoms with E-state index in [0.29, 0.717) is 31.7 Å². The van der Waals surface area contributed by atoms with E-state index in [0.717, 1.165) is 6.42 Å². The first-order valence-corrected chi connectivity index (χ1v) is 6.36. The fraction of sp³-hybridized carbons (Fsp3) is 0.500. The van der Waals surface area contributed by atoms with Gasteiger partial charge in [-0.2, -0.15) is 0 Å². The van der Waals surface area contributed by atoms with Crippen LogP contribution in [0.4, 0.5) is 4.39 Å². The maximum absolute atomic E-state index is 13.7. The van der Waals surface area contributed by atoms with Crippen LogP contribution >= 0.6 is 0 Å². The van der Waals surface area contributed by atoms with Crippen molar-refractivity contribution in [3.8, 4) is 0 Å². The molecular formula is C14H18FNO2. The van der Waals surface area contributed by atoms with E-state index >= 15 is 0 Å². The van der Waals surface area contributed by atoms with E-state index in [1.54, 1.807) is 23.1 Å². The van der Waals surface area contributed by atoms with Crippen molar-refractivity contribution in [2.24, 2.45) is 0 Å². The van der Waals surface area contributed by atoms with Gasteiger partial charge in [-0.25, -0.2) is 4.39 Å². The van der Waals surface area contributed by atoms with Crippen molar-refractivity contribution in [3.05, 3.63) is 35.6 Å². The number of amides is 1. The van der Waals surface area contributed by atoms with E-state index < -0.39 is 0 Å². The number of nitrogens with zero attached hydrogens (tertiary/aromatic N) is 1. The number of benzene rings is 1. The highest BCUT2D eigenvalue weighted by molar-refractivity contribution is 5.76. The Morgan fingerprint density at radius 3 is 3.00 bits per heavy atom. The average molecular weight is 251 g/mol. The molecule has 1 fully saturated rings. The predicted molar refractivity (Wildman–Crippen MR) is 66.6 cm³/mol. The molecule has 2 rings (SSSR count). The van der Waals surface area contributed by atoms with Gasteiger partial charge in [0.1, 0.15) is 11.9 Å². The highest BCUT2D eigenvalue weighted by Gasteiger charge is 2.26. The minimum atomic E-state index is -0.347. The van der Waals surface area contributed by atoms with E-state index in [1.165, 1.54) is 6.07 Å². The molecular weight excluding hydrogens is 233 g/mol. The summed E-state index contributed by atoms with van der Waals surface area (Å²) < 4.78 is 19.2. The van der Waals surface area contributed by atoms with E-state index in [9.17, 15) is 9.18 Å². The molecule has 4 heteroatoms. The number of carbonyl (C=O) groups excluding carboxylic acids is 1. The molecule has 0 N–H and O–H groups in total. The van der Waals surface area contributed by atoms with Crippen LogP contribution in [0.2, 0.25) is 0 Å². The molecule has 0 radical (unpaired) electrons. The predicted octanol–water partition coefficient (Wildman–Crippen LogP) is 2.53. The van der Waals surface area contributed by atoms with Gasteiger partial charge in [-0.05, 0) is 12.5 Å². The lowest BCUT2D eigenvalue weighted by atomic mass is 10.1. The smallest absolute Gasteiger partial charge is 0.222 e. The Balaban J connectivity index is 2.07. The Morgan fingerprint density at radius 2 is 2.28 bits per heavy atom. The summed E-state index contributed by atoms with van der Waals surface area (Å²) >= 11 is 0. The molecule has 98 valence electrons. The van der Waals surface area contributed by atoms with Gasteiger partial charge in [0.15, 0.2) is 0 Å². The summed E-state index contributed by atoms with van der Waals surface area (Å²) in [5.74, 6) is -0.144. The van der Waals surface area contributed by atoms with Gasteiger partial charge in [-0.15, -0.1) is 0 Å². The molecule has 1 aromatic rings. The van der Waals surface area contributed by atoms with Gasteiger partial charge in [0.25, 0.3) is 0 Å². The lowest BCUT2D eigenvalue weighted by Crippen LogP contribution is -2.42. The molecule has 1 atom stereocenters. The quantitative estimate of drug-likeness (QED) is 0.826. The largest absolute Gasteiger partial charge is 0.370 e. The zero-order valence-corrected chi connectivity index (χ0v) is 10.6. The Kier molecular flexibility index (Phi) is 4.31. The zero-order chi connectivity index (χ0) is 13.0. The molecule has 1 heterocycles. The number of carbonyl (C=O) groups is 1. The van der Waals surface area contributed by atoms with E-state index in [-0.39, 0.29) is 17.8 Å². The van der Waals surface area contributed by atoms with Crippen LogP contribution in [-0.2, 0) is 9.53 Å². The monoisotopic (exact) mass is 251 g/mol. The second-order valence-corrected chi connectivity index (χ2v) is 4.47. The summed E-state index contributed by atoms with van der Waals surface area (Å²) in [6, 6.07) is 6.58. The molecule has 1 saturated heterocycles. The van der Waals surface area contributed by atoms with Crippen LogP contribution in [0.15, 0.2) is 24.3 Å². The maximum Gasteiger partial charge on any atom is 0.222 e. The Hall–Kier alpha value is -1.42. The topological polar surface area (TPSA) is 29.5 Å². The van der Waals surface area contributed by atoms with Crippen molar-refractivity contribution in [2.75, 3.05) is 19.7 Å². The number of hydrogen-bond donors (Lipinski definition) is 0. The molecule has 1 aliphatic heterocycles. The molecule has 0 aliphatic carbocycles. The third kappa shape index (κ3) is 2.88. The minimum absolute atomic E-state index is 0.127. The molecule has 3 nitrogen and oxygen atoms in total. The fourth-order valence-corrected chi connectivity index (χ4v) is 2.17. The number of ether oxygens (including phenoxy) is 1. The lowest BCUT2D eigenvalue weighted by molar-refractivity contribution is -0.139. The molecule has 0 saturated carbocycles. The van der Waals surface area contributed by atoms with E-state index in [1.807, 2.05) is 6.92 Å². The summed E-state index contributed by atoms with van der Waals surface area (Å²) in [7, 11) is 0. The van der Waals surface area contributed by atoms with Crippen LogP contribution in [0.25, 0.3) is 0 Å². The van der Waals surface area contributed by atoms with Gasteiger partial charge in [-0.3, -0.25) is 4.79 Å². The number of halogens is 1. The number of morpholine rings is 1. The highest BCUT2D eigenvalue weighted by atomic mass is 19.1. The first kappa shape index (κ1) is 13.0. The summed E-state index contributed by atoms with van der Waals surface area (Å²) in [5.41, 5.74) is 0.534. The van der Waals surface area contributed by atoms with Crippen LogP contribution in [0, 0.1) is 5.82 Å². The molecule has 1 aromatic carbocycles. The van der Waals surface area contributed by atoms with Crippen molar-refractivity contribution < 1.29 is 13.9 Å². The zero-order valence-electron chi connectivity index (χ0n) is 10.6. The standard InChI is InChI=1S/C14H18FNO2/c1-2-5-14(17)16-8-9-18-13(10-16)11-6-3-4-7-12(11)15/h3-4,6-7,13H,2,5,8-10H2,1H3. The number of hydrogen-bond acceptors (Lipinski definition) is 2. The highest BCUT2D eigenvalue weighted by Crippen LogP contribution is 2.24. The minimum Gasteiger partial charge on any atom is -0.370 e. The van der Waals surface area contributed by atoms with Gasteiger partial charge in [0.05, 0.1) is 13.2 Å². The van der Waals surface area contributed by atoms with Crippen molar-refractivity contribution in [3.63, 3.8) is 0 Å². The first-order chi connectivity index (χ1) is 8.72. The van der Waals surface area contributed by atoms with Crippen molar-refractivity contribution in [1.29, 1.82) is 0 Å². The maximum atomic E-state index is 13.7. The van der Waals surface area contributed by atoms with Crippen LogP contribution in [-0.4, -0.2) is 30.5 Å².